The largest absolute Gasteiger partial charge is 0.494 e. The fourth-order valence-corrected chi connectivity index (χ4v) is 3.37. The molecule has 0 saturated carbocycles. The third-order valence-corrected chi connectivity index (χ3v) is 4.94. The van der Waals surface area contributed by atoms with Crippen LogP contribution in [0.1, 0.15) is 19.3 Å². The van der Waals surface area contributed by atoms with Crippen LogP contribution >= 0.6 is 11.6 Å². The zero-order valence-corrected chi connectivity index (χ0v) is 14.9. The first kappa shape index (κ1) is 17.2. The van der Waals surface area contributed by atoms with Gasteiger partial charge in [-0.05, 0) is 43.5 Å². The standard InChI is InChI=1S/C18H26ClN3O2/c19-8-3-15-24-17-6-4-16(5-7-17)20-11-13-22(14-12-20)18(23)21-9-1-2-10-21/h4-7H,1-3,8-15H2. The van der Waals surface area contributed by atoms with Crippen LogP contribution in [0.15, 0.2) is 24.3 Å². The Morgan fingerprint density at radius 2 is 1.58 bits per heavy atom. The normalized spacial score (nSPS) is 18.1. The van der Waals surface area contributed by atoms with Crippen molar-refractivity contribution in [3.63, 3.8) is 0 Å². The second-order valence-electron chi connectivity index (χ2n) is 6.34. The van der Waals surface area contributed by atoms with E-state index in [0.29, 0.717) is 12.5 Å². The molecule has 0 N–H and O–H groups in total. The van der Waals surface area contributed by atoms with Gasteiger partial charge in [-0.15, -0.1) is 11.6 Å². The van der Waals surface area contributed by atoms with Gasteiger partial charge in [-0.1, -0.05) is 0 Å². The van der Waals surface area contributed by atoms with Crippen molar-refractivity contribution in [1.29, 1.82) is 0 Å². The van der Waals surface area contributed by atoms with Crippen LogP contribution in [0.25, 0.3) is 0 Å². The van der Waals surface area contributed by atoms with Gasteiger partial charge >= 0.3 is 6.03 Å². The van der Waals surface area contributed by atoms with Crippen molar-refractivity contribution < 1.29 is 9.53 Å². The smallest absolute Gasteiger partial charge is 0.320 e. The SMILES string of the molecule is O=C(N1CCCC1)N1CCN(c2ccc(OCCCCl)cc2)CC1. The molecule has 0 bridgehead atoms. The highest BCUT2D eigenvalue weighted by Gasteiger charge is 2.26. The molecule has 2 aliphatic heterocycles. The number of amides is 2. The van der Waals surface area contributed by atoms with Crippen LogP contribution in [-0.4, -0.2) is 67.6 Å². The van der Waals surface area contributed by atoms with Crippen LogP contribution in [0.5, 0.6) is 5.75 Å². The lowest BCUT2D eigenvalue weighted by Gasteiger charge is -2.37. The topological polar surface area (TPSA) is 36.0 Å². The first-order valence-corrected chi connectivity index (χ1v) is 9.39. The molecule has 2 aliphatic rings. The van der Waals surface area contributed by atoms with E-state index in [1.54, 1.807) is 0 Å². The van der Waals surface area contributed by atoms with Gasteiger partial charge in [-0.3, -0.25) is 0 Å². The molecule has 0 radical (unpaired) electrons. The monoisotopic (exact) mass is 351 g/mol. The Morgan fingerprint density at radius 3 is 2.21 bits per heavy atom. The summed E-state index contributed by atoms with van der Waals surface area (Å²) >= 11 is 5.65. The lowest BCUT2D eigenvalue weighted by atomic mass is 10.2. The van der Waals surface area contributed by atoms with E-state index in [1.807, 2.05) is 21.9 Å². The molecule has 3 rings (SSSR count). The van der Waals surface area contributed by atoms with Crippen molar-refractivity contribution in [2.75, 3.05) is 56.7 Å². The highest BCUT2D eigenvalue weighted by atomic mass is 35.5. The lowest BCUT2D eigenvalue weighted by Crippen LogP contribution is -2.52. The van der Waals surface area contributed by atoms with Crippen molar-refractivity contribution >= 4 is 23.3 Å². The Bertz CT molecular complexity index is 524. The minimum absolute atomic E-state index is 0.218. The van der Waals surface area contributed by atoms with Crippen molar-refractivity contribution in [3.8, 4) is 5.75 Å². The maximum atomic E-state index is 12.4. The molecule has 2 amide bonds. The molecule has 2 saturated heterocycles. The molecule has 5 nitrogen and oxygen atoms in total. The zero-order valence-electron chi connectivity index (χ0n) is 14.1. The van der Waals surface area contributed by atoms with E-state index in [0.717, 1.165) is 64.3 Å². The molecule has 1 aromatic carbocycles. The Morgan fingerprint density at radius 1 is 0.958 bits per heavy atom. The number of benzene rings is 1. The van der Waals surface area contributed by atoms with Gasteiger partial charge in [0.1, 0.15) is 5.75 Å². The maximum Gasteiger partial charge on any atom is 0.320 e. The number of nitrogens with zero attached hydrogens (tertiary/aromatic N) is 3. The average Bonchev–Trinajstić information content (AvgIpc) is 3.17. The van der Waals surface area contributed by atoms with Gasteiger partial charge in [0.15, 0.2) is 0 Å². The molecular weight excluding hydrogens is 326 g/mol. The van der Waals surface area contributed by atoms with E-state index in [9.17, 15) is 4.79 Å². The third kappa shape index (κ3) is 4.26. The van der Waals surface area contributed by atoms with Crippen LogP contribution in [0.3, 0.4) is 0 Å². The lowest BCUT2D eigenvalue weighted by molar-refractivity contribution is 0.159. The summed E-state index contributed by atoms with van der Waals surface area (Å²) in [6, 6.07) is 8.41. The van der Waals surface area contributed by atoms with Crippen molar-refractivity contribution in [3.05, 3.63) is 24.3 Å². The Kier molecular flexibility index (Phi) is 6.07. The minimum atomic E-state index is 0.218. The summed E-state index contributed by atoms with van der Waals surface area (Å²) in [6.45, 7) is 5.85. The number of ether oxygens (including phenoxy) is 1. The van der Waals surface area contributed by atoms with E-state index in [-0.39, 0.29) is 6.03 Å². The van der Waals surface area contributed by atoms with E-state index in [2.05, 4.69) is 17.0 Å². The summed E-state index contributed by atoms with van der Waals surface area (Å²) in [5, 5.41) is 0. The van der Waals surface area contributed by atoms with Gasteiger partial charge in [-0.2, -0.15) is 0 Å². The molecular formula is C18H26ClN3O2. The maximum absolute atomic E-state index is 12.4. The number of urea groups is 1. The van der Waals surface area contributed by atoms with Crippen molar-refractivity contribution in [1.82, 2.24) is 9.80 Å². The van der Waals surface area contributed by atoms with Gasteiger partial charge in [0.2, 0.25) is 0 Å². The predicted octanol–water partition coefficient (Wildman–Crippen LogP) is 3.03. The fraction of sp³-hybridized carbons (Fsp3) is 0.611. The van der Waals surface area contributed by atoms with E-state index < -0.39 is 0 Å². The number of hydrogen-bond donors (Lipinski definition) is 0. The Balaban J connectivity index is 1.48. The van der Waals surface area contributed by atoms with Crippen LogP contribution in [0.2, 0.25) is 0 Å². The molecule has 1 aromatic rings. The minimum Gasteiger partial charge on any atom is -0.494 e. The number of alkyl halides is 1. The highest BCUT2D eigenvalue weighted by Crippen LogP contribution is 2.21. The second kappa shape index (κ2) is 8.47. The number of piperazine rings is 1. The number of halogens is 1. The molecule has 0 aliphatic carbocycles. The first-order valence-electron chi connectivity index (χ1n) is 8.85. The number of anilines is 1. The van der Waals surface area contributed by atoms with Crippen LogP contribution in [-0.2, 0) is 0 Å². The molecule has 2 fully saturated rings. The van der Waals surface area contributed by atoms with Gasteiger partial charge in [0, 0.05) is 50.8 Å². The number of hydrogen-bond acceptors (Lipinski definition) is 3. The number of carbonyl (C=O) groups excluding carboxylic acids is 1. The van der Waals surface area contributed by atoms with Gasteiger partial charge in [0.25, 0.3) is 0 Å². The van der Waals surface area contributed by atoms with Gasteiger partial charge in [-0.25, -0.2) is 4.79 Å². The Labute approximate surface area is 149 Å². The summed E-state index contributed by atoms with van der Waals surface area (Å²) in [5.74, 6) is 1.50. The van der Waals surface area contributed by atoms with Gasteiger partial charge in [0.05, 0.1) is 6.61 Å². The molecule has 24 heavy (non-hydrogen) atoms. The molecule has 0 unspecified atom stereocenters. The molecule has 6 heteroatoms. The first-order chi connectivity index (χ1) is 11.8. The average molecular weight is 352 g/mol. The molecule has 0 spiro atoms. The van der Waals surface area contributed by atoms with E-state index in [4.69, 9.17) is 16.3 Å². The van der Waals surface area contributed by atoms with E-state index >= 15 is 0 Å². The summed E-state index contributed by atoms with van der Waals surface area (Å²) in [4.78, 5) is 18.7. The summed E-state index contributed by atoms with van der Waals surface area (Å²) < 4.78 is 5.63. The van der Waals surface area contributed by atoms with Gasteiger partial charge < -0.3 is 19.4 Å². The Hall–Kier alpha value is -1.62. The quantitative estimate of drug-likeness (QED) is 0.604. The highest BCUT2D eigenvalue weighted by molar-refractivity contribution is 6.17. The molecule has 132 valence electrons. The summed E-state index contributed by atoms with van der Waals surface area (Å²) in [5.41, 5.74) is 1.19. The summed E-state index contributed by atoms with van der Waals surface area (Å²) in [6.07, 6.45) is 3.15. The molecule has 0 atom stereocenters. The number of likely N-dealkylation sites (tertiary alicyclic amines) is 1. The van der Waals surface area contributed by atoms with E-state index in [1.165, 1.54) is 5.69 Å². The number of carbonyl (C=O) groups is 1. The van der Waals surface area contributed by atoms with Crippen LogP contribution < -0.4 is 9.64 Å². The number of rotatable bonds is 5. The second-order valence-corrected chi connectivity index (χ2v) is 6.71. The van der Waals surface area contributed by atoms with Crippen LogP contribution in [0.4, 0.5) is 10.5 Å². The predicted molar refractivity (Wildman–Crippen MR) is 97.3 cm³/mol. The summed E-state index contributed by atoms with van der Waals surface area (Å²) in [7, 11) is 0. The van der Waals surface area contributed by atoms with Crippen molar-refractivity contribution in [2.24, 2.45) is 0 Å². The molecule has 0 aromatic heterocycles. The molecule has 2 heterocycles. The van der Waals surface area contributed by atoms with Crippen molar-refractivity contribution in [2.45, 2.75) is 19.3 Å². The van der Waals surface area contributed by atoms with Crippen LogP contribution in [0, 0.1) is 0 Å². The fourth-order valence-electron chi connectivity index (χ4n) is 3.26. The third-order valence-electron chi connectivity index (χ3n) is 4.68. The zero-order chi connectivity index (χ0) is 16.8.